The molecule has 0 spiro atoms. The fraction of sp³-hybridized carbons (Fsp3) is 0.353. The summed E-state index contributed by atoms with van der Waals surface area (Å²) in [6.45, 7) is 1.44. The normalized spacial score (nSPS) is 10.3. The van der Waals surface area contributed by atoms with E-state index in [1.165, 1.54) is 23.5 Å². The SMILES string of the molecule is COCCN(CCC(=O)NCc1cccnc1)C(=O)c1cnccn1. The average Bonchev–Trinajstić information content (AvgIpc) is 2.67. The minimum Gasteiger partial charge on any atom is -0.383 e. The van der Waals surface area contributed by atoms with Crippen LogP contribution in [0.25, 0.3) is 0 Å². The molecule has 0 aliphatic heterocycles. The number of nitrogens with one attached hydrogen (secondary N) is 1. The Morgan fingerprint density at radius 3 is 2.68 bits per heavy atom. The van der Waals surface area contributed by atoms with Crippen molar-refractivity contribution < 1.29 is 14.3 Å². The second-order valence-corrected chi connectivity index (χ2v) is 5.26. The third-order valence-electron chi connectivity index (χ3n) is 3.46. The van der Waals surface area contributed by atoms with E-state index in [9.17, 15) is 9.59 Å². The van der Waals surface area contributed by atoms with Gasteiger partial charge in [-0.05, 0) is 11.6 Å². The van der Waals surface area contributed by atoms with Crippen molar-refractivity contribution in [2.75, 3.05) is 26.8 Å². The lowest BCUT2D eigenvalue weighted by molar-refractivity contribution is -0.121. The molecule has 0 atom stereocenters. The van der Waals surface area contributed by atoms with E-state index in [4.69, 9.17) is 4.74 Å². The maximum absolute atomic E-state index is 12.5. The molecule has 132 valence electrons. The van der Waals surface area contributed by atoms with Crippen LogP contribution in [0.2, 0.25) is 0 Å². The summed E-state index contributed by atoms with van der Waals surface area (Å²) in [5.41, 5.74) is 1.16. The van der Waals surface area contributed by atoms with E-state index in [2.05, 4.69) is 20.3 Å². The molecule has 2 rings (SSSR count). The highest BCUT2D eigenvalue weighted by molar-refractivity contribution is 5.92. The number of carbonyl (C=O) groups is 2. The Kier molecular flexibility index (Phi) is 7.45. The predicted octanol–water partition coefficient (Wildman–Crippen LogP) is 0.667. The van der Waals surface area contributed by atoms with Crippen molar-refractivity contribution in [3.63, 3.8) is 0 Å². The molecule has 2 aromatic heterocycles. The third kappa shape index (κ3) is 6.27. The predicted molar refractivity (Wildman–Crippen MR) is 90.5 cm³/mol. The highest BCUT2D eigenvalue weighted by Crippen LogP contribution is 2.02. The molecular formula is C17H21N5O3. The number of rotatable bonds is 9. The molecule has 2 heterocycles. The van der Waals surface area contributed by atoms with E-state index in [0.29, 0.717) is 19.7 Å². The van der Waals surface area contributed by atoms with Gasteiger partial charge in [0.15, 0.2) is 0 Å². The van der Waals surface area contributed by atoms with Crippen LogP contribution in [0.4, 0.5) is 0 Å². The Bertz CT molecular complexity index is 666. The highest BCUT2D eigenvalue weighted by Gasteiger charge is 2.18. The summed E-state index contributed by atoms with van der Waals surface area (Å²) >= 11 is 0. The van der Waals surface area contributed by atoms with Gasteiger partial charge >= 0.3 is 0 Å². The van der Waals surface area contributed by atoms with Gasteiger partial charge in [0.2, 0.25) is 5.91 Å². The van der Waals surface area contributed by atoms with Crippen LogP contribution in [0.1, 0.15) is 22.5 Å². The van der Waals surface area contributed by atoms with Gasteiger partial charge in [0.05, 0.1) is 12.8 Å². The fourth-order valence-corrected chi connectivity index (χ4v) is 2.12. The number of pyridine rings is 1. The van der Waals surface area contributed by atoms with E-state index < -0.39 is 0 Å². The van der Waals surface area contributed by atoms with Crippen molar-refractivity contribution in [1.29, 1.82) is 0 Å². The molecule has 0 saturated carbocycles. The molecule has 0 aliphatic rings. The van der Waals surface area contributed by atoms with Crippen LogP contribution in [0.15, 0.2) is 43.1 Å². The number of hydrogen-bond donors (Lipinski definition) is 1. The first-order valence-electron chi connectivity index (χ1n) is 7.90. The van der Waals surface area contributed by atoms with Crippen LogP contribution in [-0.4, -0.2) is 58.5 Å². The second-order valence-electron chi connectivity index (χ2n) is 5.26. The van der Waals surface area contributed by atoms with E-state index >= 15 is 0 Å². The van der Waals surface area contributed by atoms with Gasteiger partial charge in [0.1, 0.15) is 5.69 Å². The highest BCUT2D eigenvalue weighted by atomic mass is 16.5. The molecule has 25 heavy (non-hydrogen) atoms. The van der Waals surface area contributed by atoms with E-state index in [-0.39, 0.29) is 30.5 Å². The molecule has 0 saturated heterocycles. The van der Waals surface area contributed by atoms with Crippen LogP contribution in [-0.2, 0) is 16.1 Å². The number of aromatic nitrogens is 3. The second kappa shape index (κ2) is 10.1. The number of carbonyl (C=O) groups excluding carboxylic acids is 2. The van der Waals surface area contributed by atoms with E-state index in [1.807, 2.05) is 12.1 Å². The van der Waals surface area contributed by atoms with Gasteiger partial charge in [-0.2, -0.15) is 0 Å². The molecule has 0 aromatic carbocycles. The quantitative estimate of drug-likeness (QED) is 0.719. The number of methoxy groups -OCH3 is 1. The first-order chi connectivity index (χ1) is 12.2. The molecular weight excluding hydrogens is 322 g/mol. The molecule has 8 nitrogen and oxygen atoms in total. The van der Waals surface area contributed by atoms with Crippen LogP contribution >= 0.6 is 0 Å². The summed E-state index contributed by atoms with van der Waals surface area (Å²) in [5.74, 6) is -0.413. The smallest absolute Gasteiger partial charge is 0.274 e. The zero-order chi connectivity index (χ0) is 17.9. The molecule has 0 bridgehead atoms. The number of amides is 2. The van der Waals surface area contributed by atoms with Crippen molar-refractivity contribution in [2.45, 2.75) is 13.0 Å². The van der Waals surface area contributed by atoms with Gasteiger partial charge in [0, 0.05) is 58.0 Å². The molecule has 8 heteroatoms. The van der Waals surface area contributed by atoms with Crippen molar-refractivity contribution in [3.05, 3.63) is 54.4 Å². The van der Waals surface area contributed by atoms with Gasteiger partial charge in [-0.15, -0.1) is 0 Å². The van der Waals surface area contributed by atoms with Gasteiger partial charge in [0.25, 0.3) is 5.91 Å². The van der Waals surface area contributed by atoms with Crippen molar-refractivity contribution in [3.8, 4) is 0 Å². The zero-order valence-electron chi connectivity index (χ0n) is 14.1. The lowest BCUT2D eigenvalue weighted by atomic mass is 10.2. The van der Waals surface area contributed by atoms with Gasteiger partial charge in [-0.1, -0.05) is 6.07 Å². The summed E-state index contributed by atoms with van der Waals surface area (Å²) in [7, 11) is 1.56. The lowest BCUT2D eigenvalue weighted by Crippen LogP contribution is -2.37. The Hall–Kier alpha value is -2.87. The molecule has 0 unspecified atom stereocenters. The minimum atomic E-state index is -0.273. The Balaban J connectivity index is 1.86. The molecule has 0 aliphatic carbocycles. The average molecular weight is 343 g/mol. The molecule has 1 N–H and O–H groups in total. The minimum absolute atomic E-state index is 0.141. The first-order valence-corrected chi connectivity index (χ1v) is 7.90. The standard InChI is InChI=1S/C17H21N5O3/c1-25-10-9-22(17(24)15-13-19-6-7-20-15)8-4-16(23)21-12-14-3-2-5-18-11-14/h2-3,5-7,11,13H,4,8-10,12H2,1H3,(H,21,23). The monoisotopic (exact) mass is 343 g/mol. The Labute approximate surface area is 146 Å². The van der Waals surface area contributed by atoms with Crippen LogP contribution in [0.5, 0.6) is 0 Å². The summed E-state index contributed by atoms with van der Waals surface area (Å²) in [6, 6.07) is 3.70. The summed E-state index contributed by atoms with van der Waals surface area (Å²) in [6.07, 6.45) is 7.94. The third-order valence-corrected chi connectivity index (χ3v) is 3.46. The Morgan fingerprint density at radius 2 is 2.00 bits per heavy atom. The molecule has 2 amide bonds. The van der Waals surface area contributed by atoms with Gasteiger partial charge in [-0.25, -0.2) is 4.98 Å². The van der Waals surface area contributed by atoms with Crippen molar-refractivity contribution in [1.82, 2.24) is 25.2 Å². The Morgan fingerprint density at radius 1 is 1.16 bits per heavy atom. The van der Waals surface area contributed by atoms with Crippen molar-refractivity contribution >= 4 is 11.8 Å². The zero-order valence-corrected chi connectivity index (χ0v) is 14.1. The number of hydrogen-bond acceptors (Lipinski definition) is 6. The van der Waals surface area contributed by atoms with Crippen LogP contribution < -0.4 is 5.32 Å². The summed E-state index contributed by atoms with van der Waals surface area (Å²) in [5, 5.41) is 2.81. The fourth-order valence-electron chi connectivity index (χ4n) is 2.12. The van der Waals surface area contributed by atoms with Crippen molar-refractivity contribution in [2.24, 2.45) is 0 Å². The molecule has 0 fully saturated rings. The lowest BCUT2D eigenvalue weighted by Gasteiger charge is -2.21. The maximum Gasteiger partial charge on any atom is 0.274 e. The molecule has 0 radical (unpaired) electrons. The van der Waals surface area contributed by atoms with Crippen LogP contribution in [0, 0.1) is 0 Å². The number of ether oxygens (including phenoxy) is 1. The molecule has 2 aromatic rings. The van der Waals surface area contributed by atoms with Gasteiger partial charge < -0.3 is 15.0 Å². The first kappa shape index (κ1) is 18.5. The summed E-state index contributed by atoms with van der Waals surface area (Å²) in [4.78, 5) is 37.9. The van der Waals surface area contributed by atoms with E-state index in [0.717, 1.165) is 5.56 Å². The van der Waals surface area contributed by atoms with E-state index in [1.54, 1.807) is 19.5 Å². The topological polar surface area (TPSA) is 97.3 Å². The maximum atomic E-state index is 12.5. The largest absolute Gasteiger partial charge is 0.383 e. The van der Waals surface area contributed by atoms with Crippen LogP contribution in [0.3, 0.4) is 0 Å². The number of nitrogens with zero attached hydrogens (tertiary/aromatic N) is 4. The van der Waals surface area contributed by atoms with Gasteiger partial charge in [-0.3, -0.25) is 19.6 Å². The summed E-state index contributed by atoms with van der Waals surface area (Å²) < 4.78 is 5.03.